The molecule has 0 aromatic heterocycles. The van der Waals surface area contributed by atoms with E-state index in [0.29, 0.717) is 90.4 Å². The Bertz CT molecular complexity index is 1110. The smallest absolute Gasteiger partial charge is 0.341 e. The first-order chi connectivity index (χ1) is 18.1. The monoisotopic (exact) mass is 528 g/mol. The third-order valence-electron chi connectivity index (χ3n) is 7.69. The number of benzene rings is 1. The Kier molecular flexibility index (Phi) is 8.35. The lowest BCUT2D eigenvalue weighted by molar-refractivity contribution is -0.541. The molecule has 13 nitrogen and oxygen atoms in total. The van der Waals surface area contributed by atoms with E-state index in [1.165, 1.54) is 6.07 Å². The number of carboxylic acid groups (broad SMARTS) is 1. The Morgan fingerprint density at radius 2 is 1.39 bits per heavy atom. The van der Waals surface area contributed by atoms with Gasteiger partial charge in [0.2, 0.25) is 5.91 Å². The molecule has 3 saturated heterocycles. The lowest BCUT2D eigenvalue weighted by Gasteiger charge is -2.37. The molecule has 206 valence electrons. The lowest BCUT2D eigenvalue weighted by atomic mass is 9.95. The topological polar surface area (TPSA) is 189 Å². The summed E-state index contributed by atoms with van der Waals surface area (Å²) >= 11 is 0. The van der Waals surface area contributed by atoms with Crippen LogP contribution < -0.4 is 17.2 Å². The fraction of sp³-hybridized carbons (Fsp3) is 0.560. The minimum absolute atomic E-state index is 0.0491. The molecule has 3 fully saturated rings. The molecule has 2 amide bonds. The number of nitrogens with one attached hydrogen (secondary N) is 1. The zero-order chi connectivity index (χ0) is 27.4. The summed E-state index contributed by atoms with van der Waals surface area (Å²) in [6, 6.07) is 4.79. The quantitative estimate of drug-likeness (QED) is 0.170. The van der Waals surface area contributed by atoms with E-state index in [0.717, 1.165) is 5.56 Å². The van der Waals surface area contributed by atoms with Crippen LogP contribution in [0.1, 0.15) is 39.1 Å². The predicted octanol–water partition coefficient (Wildman–Crippen LogP) is -1.62. The number of hydrogen-bond donors (Lipinski definition) is 5. The van der Waals surface area contributed by atoms with Gasteiger partial charge in [-0.25, -0.2) is 4.79 Å². The van der Waals surface area contributed by atoms with Crippen LogP contribution in [-0.4, -0.2) is 124 Å². The second-order valence-electron chi connectivity index (χ2n) is 10.2. The van der Waals surface area contributed by atoms with Crippen molar-refractivity contribution in [2.45, 2.75) is 19.4 Å². The van der Waals surface area contributed by atoms with Crippen LogP contribution in [0.3, 0.4) is 0 Å². The van der Waals surface area contributed by atoms with Gasteiger partial charge in [-0.15, -0.1) is 0 Å². The molecule has 0 bridgehead atoms. The first-order valence-electron chi connectivity index (χ1n) is 13.0. The average molecular weight is 529 g/mol. The largest absolute Gasteiger partial charge is 0.478 e. The Hall–Kier alpha value is -3.87. The lowest BCUT2D eigenvalue weighted by Crippen LogP contribution is -2.53. The van der Waals surface area contributed by atoms with Gasteiger partial charge in [0.1, 0.15) is 0 Å². The highest BCUT2D eigenvalue weighted by atomic mass is 16.4. The van der Waals surface area contributed by atoms with Crippen molar-refractivity contribution in [3.8, 4) is 0 Å². The molecule has 0 aliphatic carbocycles. The highest BCUT2D eigenvalue weighted by Gasteiger charge is 2.32. The first kappa shape index (κ1) is 27.2. The number of hydrogen-bond acceptors (Lipinski definition) is 5. The number of piperazine rings is 2. The van der Waals surface area contributed by atoms with Crippen LogP contribution in [0, 0.1) is 11.3 Å². The van der Waals surface area contributed by atoms with Crippen LogP contribution in [0.5, 0.6) is 0 Å². The molecule has 0 saturated carbocycles. The molecule has 0 atom stereocenters. The number of nitrogens with two attached hydrogens (primary N) is 3. The Balaban J connectivity index is 1.36. The van der Waals surface area contributed by atoms with E-state index in [-0.39, 0.29) is 35.2 Å². The summed E-state index contributed by atoms with van der Waals surface area (Å²) in [5.41, 5.74) is 18.1. The van der Waals surface area contributed by atoms with E-state index >= 15 is 0 Å². The molecule has 8 N–H and O–H groups in total. The fourth-order valence-corrected chi connectivity index (χ4v) is 5.39. The van der Waals surface area contributed by atoms with Crippen LogP contribution >= 0.6 is 0 Å². The fourth-order valence-electron chi connectivity index (χ4n) is 5.39. The van der Waals surface area contributed by atoms with Crippen LogP contribution in [-0.2, 0) is 11.3 Å². The molecule has 13 heteroatoms. The van der Waals surface area contributed by atoms with Gasteiger partial charge in [0, 0.05) is 70.4 Å². The molecule has 38 heavy (non-hydrogen) atoms. The van der Waals surface area contributed by atoms with Crippen molar-refractivity contribution in [1.82, 2.24) is 19.6 Å². The maximum absolute atomic E-state index is 13.4. The molecule has 1 aromatic rings. The number of piperidine rings is 1. The number of carbonyl (C=O) groups excluding carboxylic acids is 2. The SMILES string of the molecule is N=C(N)N1CCN(Cc2cc(C(=O)O)cc(C(=O)N3CCN(C(=O)C4CC[N+](=C(N)N)CC4)CC3)c2)CC1. The average Bonchev–Trinajstić information content (AvgIpc) is 2.92. The van der Waals surface area contributed by atoms with Crippen LogP contribution in [0.2, 0.25) is 0 Å². The van der Waals surface area contributed by atoms with Gasteiger partial charge in [0.25, 0.3) is 5.91 Å². The van der Waals surface area contributed by atoms with Crippen molar-refractivity contribution >= 4 is 29.7 Å². The summed E-state index contributed by atoms with van der Waals surface area (Å²) in [7, 11) is 0. The highest BCUT2D eigenvalue weighted by molar-refractivity contribution is 5.98. The number of aromatic carboxylic acids is 1. The predicted molar refractivity (Wildman–Crippen MR) is 141 cm³/mol. The van der Waals surface area contributed by atoms with Gasteiger partial charge in [0.05, 0.1) is 18.7 Å². The summed E-state index contributed by atoms with van der Waals surface area (Å²) in [6.45, 7) is 6.13. The molecule has 1 aromatic carbocycles. The third kappa shape index (κ3) is 6.33. The van der Waals surface area contributed by atoms with Crippen molar-refractivity contribution in [1.29, 1.82) is 5.41 Å². The summed E-state index contributed by atoms with van der Waals surface area (Å²) < 4.78 is 1.88. The number of nitrogens with zero attached hydrogens (tertiary/aromatic N) is 5. The number of amides is 2. The van der Waals surface area contributed by atoms with Crippen molar-refractivity contribution < 1.29 is 24.1 Å². The molecular weight excluding hydrogens is 490 g/mol. The minimum atomic E-state index is -1.09. The van der Waals surface area contributed by atoms with E-state index in [1.54, 1.807) is 21.9 Å². The van der Waals surface area contributed by atoms with Crippen LogP contribution in [0.15, 0.2) is 18.2 Å². The first-order valence-corrected chi connectivity index (χ1v) is 13.0. The molecule has 4 rings (SSSR count). The van der Waals surface area contributed by atoms with Gasteiger partial charge < -0.3 is 25.5 Å². The van der Waals surface area contributed by atoms with Gasteiger partial charge >= 0.3 is 11.9 Å². The Labute approximate surface area is 221 Å². The van der Waals surface area contributed by atoms with Crippen molar-refractivity contribution in [2.75, 3.05) is 65.4 Å². The molecule has 3 heterocycles. The summed E-state index contributed by atoms with van der Waals surface area (Å²) in [5.74, 6) is -0.947. The van der Waals surface area contributed by atoms with Crippen LogP contribution in [0.4, 0.5) is 0 Å². The number of rotatable bonds is 5. The van der Waals surface area contributed by atoms with Gasteiger partial charge in [0.15, 0.2) is 5.96 Å². The summed E-state index contributed by atoms with van der Waals surface area (Å²) in [4.78, 5) is 45.6. The molecule has 0 radical (unpaired) electrons. The van der Waals surface area contributed by atoms with Gasteiger partial charge in [-0.05, 0) is 36.6 Å². The Morgan fingerprint density at radius 3 is 1.95 bits per heavy atom. The third-order valence-corrected chi connectivity index (χ3v) is 7.69. The van der Waals surface area contributed by atoms with Crippen molar-refractivity contribution in [3.63, 3.8) is 0 Å². The molecule has 0 spiro atoms. The maximum Gasteiger partial charge on any atom is 0.341 e. The highest BCUT2D eigenvalue weighted by Crippen LogP contribution is 2.20. The minimum Gasteiger partial charge on any atom is -0.478 e. The standard InChI is InChI=1S/C25H37N9O4/c26-24(27)33-3-1-18(2-4-33)21(35)31-9-11-32(12-10-31)22(36)19-13-17(14-20(15-19)23(37)38)16-30-5-7-34(8-6-30)25(28)29/h13-15,18H,1-12,16H2,(H7,26,27,28,29,37,38)/p+1. The number of carboxylic acids is 1. The van der Waals surface area contributed by atoms with Gasteiger partial charge in [-0.2, -0.15) is 0 Å². The van der Waals surface area contributed by atoms with Gasteiger partial charge in [-0.1, -0.05) is 0 Å². The van der Waals surface area contributed by atoms with Crippen molar-refractivity contribution in [2.24, 2.45) is 23.1 Å². The Morgan fingerprint density at radius 1 is 0.842 bits per heavy atom. The van der Waals surface area contributed by atoms with Crippen LogP contribution in [0.25, 0.3) is 0 Å². The van der Waals surface area contributed by atoms with E-state index in [4.69, 9.17) is 22.6 Å². The molecular formula is C25H38N9O4+. The summed E-state index contributed by atoms with van der Waals surface area (Å²) in [5, 5.41) is 17.2. The zero-order valence-electron chi connectivity index (χ0n) is 21.6. The van der Waals surface area contributed by atoms with E-state index in [2.05, 4.69) is 4.90 Å². The van der Waals surface area contributed by atoms with E-state index < -0.39 is 5.97 Å². The molecule has 0 unspecified atom stereocenters. The second kappa shape index (κ2) is 11.7. The van der Waals surface area contributed by atoms with E-state index in [9.17, 15) is 19.5 Å². The zero-order valence-corrected chi connectivity index (χ0v) is 21.6. The van der Waals surface area contributed by atoms with Crippen molar-refractivity contribution in [3.05, 3.63) is 34.9 Å². The molecule has 3 aliphatic heterocycles. The molecule has 3 aliphatic rings. The van der Waals surface area contributed by atoms with Gasteiger partial charge in [-0.3, -0.25) is 35.9 Å². The second-order valence-corrected chi connectivity index (χ2v) is 10.2. The summed E-state index contributed by atoms with van der Waals surface area (Å²) in [6.07, 6.45) is 1.40. The number of guanidine groups is 2. The normalized spacial score (nSPS) is 20.8. The van der Waals surface area contributed by atoms with E-state index in [1.807, 2.05) is 9.48 Å². The number of carbonyl (C=O) groups is 3. The maximum atomic E-state index is 13.4.